The Morgan fingerprint density at radius 3 is 2.88 bits per heavy atom. The first-order chi connectivity index (χ1) is 7.70. The fraction of sp³-hybridized carbons (Fsp3) is 0.125. The van der Waals surface area contributed by atoms with Crippen LogP contribution in [0.15, 0.2) is 24.8 Å². The van der Waals surface area contributed by atoms with Crippen LogP contribution in [0.3, 0.4) is 0 Å². The van der Waals surface area contributed by atoms with E-state index < -0.39 is 4.92 Å². The van der Waals surface area contributed by atoms with Gasteiger partial charge in [0.25, 0.3) is 5.69 Å². The Bertz CT molecular complexity index is 509. The molecule has 2 aromatic rings. The second-order valence-corrected chi connectivity index (χ2v) is 2.92. The van der Waals surface area contributed by atoms with Crippen LogP contribution in [0.25, 0.3) is 5.82 Å². The Hall–Kier alpha value is -2.51. The van der Waals surface area contributed by atoms with Crippen LogP contribution >= 0.6 is 0 Å². The second-order valence-electron chi connectivity index (χ2n) is 2.92. The van der Waals surface area contributed by atoms with Gasteiger partial charge < -0.3 is 5.32 Å². The van der Waals surface area contributed by atoms with Crippen LogP contribution in [0.4, 0.5) is 11.5 Å². The zero-order chi connectivity index (χ0) is 11.5. The zero-order valence-corrected chi connectivity index (χ0v) is 8.36. The smallest absolute Gasteiger partial charge is 0.276 e. The third-order valence-corrected chi connectivity index (χ3v) is 1.92. The van der Waals surface area contributed by atoms with E-state index in [1.165, 1.54) is 29.5 Å². The van der Waals surface area contributed by atoms with Crippen LogP contribution in [0, 0.1) is 10.1 Å². The number of pyridine rings is 1. The molecule has 2 aromatic heterocycles. The lowest BCUT2D eigenvalue weighted by Gasteiger charge is -2.03. The van der Waals surface area contributed by atoms with E-state index in [0.717, 1.165) is 0 Å². The molecule has 2 heterocycles. The summed E-state index contributed by atoms with van der Waals surface area (Å²) >= 11 is 0. The van der Waals surface area contributed by atoms with Crippen LogP contribution in [0.5, 0.6) is 0 Å². The summed E-state index contributed by atoms with van der Waals surface area (Å²) in [5.74, 6) is 0.746. The molecule has 1 N–H and O–H groups in total. The lowest BCUT2D eigenvalue weighted by Crippen LogP contribution is -2.03. The Labute approximate surface area is 90.1 Å². The summed E-state index contributed by atoms with van der Waals surface area (Å²) in [6, 6.07) is 2.68. The molecule has 0 bridgehead atoms. The van der Waals surface area contributed by atoms with Gasteiger partial charge in [-0.25, -0.2) is 14.6 Å². The summed E-state index contributed by atoms with van der Waals surface area (Å²) < 4.78 is 1.36. The van der Waals surface area contributed by atoms with E-state index >= 15 is 0 Å². The van der Waals surface area contributed by atoms with Crippen LogP contribution < -0.4 is 5.32 Å². The Balaban J connectivity index is 2.53. The van der Waals surface area contributed by atoms with Crippen LogP contribution in [0.2, 0.25) is 0 Å². The lowest BCUT2D eigenvalue weighted by atomic mass is 10.3. The first-order valence-corrected chi connectivity index (χ1v) is 4.40. The van der Waals surface area contributed by atoms with E-state index in [9.17, 15) is 10.1 Å². The first kappa shape index (κ1) is 10.0. The minimum atomic E-state index is -0.483. The molecule has 8 heteroatoms. The predicted molar refractivity (Wildman–Crippen MR) is 55.4 cm³/mol. The van der Waals surface area contributed by atoms with Gasteiger partial charge in [0.1, 0.15) is 18.5 Å². The highest BCUT2D eigenvalue weighted by Crippen LogP contribution is 2.18. The highest BCUT2D eigenvalue weighted by molar-refractivity contribution is 5.49. The van der Waals surface area contributed by atoms with E-state index in [0.29, 0.717) is 11.6 Å². The van der Waals surface area contributed by atoms with E-state index in [1.807, 2.05) is 0 Å². The maximum atomic E-state index is 10.7. The number of rotatable bonds is 3. The van der Waals surface area contributed by atoms with Gasteiger partial charge in [-0.05, 0) is 0 Å². The Morgan fingerprint density at radius 2 is 2.31 bits per heavy atom. The van der Waals surface area contributed by atoms with Crippen molar-refractivity contribution in [1.29, 1.82) is 0 Å². The summed E-state index contributed by atoms with van der Waals surface area (Å²) in [6.07, 6.45) is 2.76. The third kappa shape index (κ3) is 1.80. The van der Waals surface area contributed by atoms with Gasteiger partial charge in [0.15, 0.2) is 5.82 Å². The number of nitrogens with one attached hydrogen (secondary N) is 1. The van der Waals surface area contributed by atoms with Gasteiger partial charge in [-0.15, -0.1) is 0 Å². The molecule has 16 heavy (non-hydrogen) atoms. The first-order valence-electron chi connectivity index (χ1n) is 4.40. The normalized spacial score (nSPS) is 10.1. The highest BCUT2D eigenvalue weighted by atomic mass is 16.6. The fourth-order valence-corrected chi connectivity index (χ4v) is 1.18. The topological polar surface area (TPSA) is 98.8 Å². The maximum Gasteiger partial charge on any atom is 0.276 e. The summed E-state index contributed by atoms with van der Waals surface area (Å²) in [7, 11) is 1.64. The van der Waals surface area contributed by atoms with Gasteiger partial charge >= 0.3 is 0 Å². The number of hydrogen-bond donors (Lipinski definition) is 1. The molecule has 0 aliphatic carbocycles. The molecule has 0 saturated carbocycles. The second kappa shape index (κ2) is 3.93. The maximum absolute atomic E-state index is 10.7. The van der Waals surface area contributed by atoms with Crippen molar-refractivity contribution in [1.82, 2.24) is 19.7 Å². The standard InChI is InChI=1S/C8H8N6O2/c1-9-7-2-6(14(15)16)3-8(12-7)13-5-10-4-11-13/h2-5H,1H3,(H,9,12). The molecule has 0 saturated heterocycles. The molecule has 0 aliphatic rings. The third-order valence-electron chi connectivity index (χ3n) is 1.92. The van der Waals surface area contributed by atoms with Crippen molar-refractivity contribution in [3.8, 4) is 5.82 Å². The van der Waals surface area contributed by atoms with Gasteiger partial charge in [0.2, 0.25) is 0 Å². The zero-order valence-electron chi connectivity index (χ0n) is 8.36. The number of hydrogen-bond acceptors (Lipinski definition) is 6. The number of anilines is 1. The van der Waals surface area contributed by atoms with Crippen molar-refractivity contribution in [2.45, 2.75) is 0 Å². The van der Waals surface area contributed by atoms with Gasteiger partial charge in [0.05, 0.1) is 17.1 Å². The van der Waals surface area contributed by atoms with Crippen LogP contribution in [-0.4, -0.2) is 31.7 Å². The molecule has 0 amide bonds. The number of aromatic nitrogens is 4. The molecule has 0 aliphatic heterocycles. The molecule has 0 aromatic carbocycles. The SMILES string of the molecule is CNc1cc([N+](=O)[O-])cc(-n2cncn2)n1. The van der Waals surface area contributed by atoms with Gasteiger partial charge in [-0.1, -0.05) is 0 Å². The number of nitrogens with zero attached hydrogens (tertiary/aromatic N) is 5. The summed E-state index contributed by atoms with van der Waals surface area (Å²) in [6.45, 7) is 0. The molecular formula is C8H8N6O2. The predicted octanol–water partition coefficient (Wildman–Crippen LogP) is 0.612. The fourth-order valence-electron chi connectivity index (χ4n) is 1.18. The van der Waals surface area contributed by atoms with Gasteiger partial charge in [-0.2, -0.15) is 5.10 Å². The monoisotopic (exact) mass is 220 g/mol. The van der Waals surface area contributed by atoms with Crippen LogP contribution in [-0.2, 0) is 0 Å². The van der Waals surface area contributed by atoms with E-state index in [2.05, 4.69) is 20.4 Å². The van der Waals surface area contributed by atoms with E-state index in [-0.39, 0.29) is 5.69 Å². The Morgan fingerprint density at radius 1 is 1.50 bits per heavy atom. The van der Waals surface area contributed by atoms with Crippen molar-refractivity contribution in [2.75, 3.05) is 12.4 Å². The van der Waals surface area contributed by atoms with E-state index in [1.54, 1.807) is 7.05 Å². The van der Waals surface area contributed by atoms with Gasteiger partial charge in [0, 0.05) is 7.05 Å². The average Bonchev–Trinajstić information content (AvgIpc) is 2.81. The molecule has 82 valence electrons. The summed E-state index contributed by atoms with van der Waals surface area (Å²) in [5, 5.41) is 17.3. The average molecular weight is 220 g/mol. The molecule has 0 spiro atoms. The van der Waals surface area contributed by atoms with Crippen molar-refractivity contribution >= 4 is 11.5 Å². The molecular weight excluding hydrogens is 212 g/mol. The molecule has 0 fully saturated rings. The molecule has 0 unspecified atom stereocenters. The van der Waals surface area contributed by atoms with Crippen molar-refractivity contribution in [2.24, 2.45) is 0 Å². The number of nitro groups is 1. The van der Waals surface area contributed by atoms with Crippen molar-refractivity contribution in [3.05, 3.63) is 34.9 Å². The quantitative estimate of drug-likeness (QED) is 0.601. The highest BCUT2D eigenvalue weighted by Gasteiger charge is 2.11. The summed E-state index contributed by atoms with van der Waals surface area (Å²) in [4.78, 5) is 18.1. The van der Waals surface area contributed by atoms with Crippen molar-refractivity contribution in [3.63, 3.8) is 0 Å². The van der Waals surface area contributed by atoms with Crippen molar-refractivity contribution < 1.29 is 4.92 Å². The van der Waals surface area contributed by atoms with Gasteiger partial charge in [-0.3, -0.25) is 10.1 Å². The van der Waals surface area contributed by atoms with E-state index in [4.69, 9.17) is 0 Å². The Kier molecular flexibility index (Phi) is 2.46. The minimum Gasteiger partial charge on any atom is -0.373 e. The van der Waals surface area contributed by atoms with Crippen LogP contribution in [0.1, 0.15) is 0 Å². The molecule has 8 nitrogen and oxygen atoms in total. The largest absolute Gasteiger partial charge is 0.373 e. The molecule has 0 atom stereocenters. The summed E-state index contributed by atoms with van der Waals surface area (Å²) in [5.41, 5.74) is -0.0511. The lowest BCUT2D eigenvalue weighted by molar-refractivity contribution is -0.384. The molecule has 0 radical (unpaired) electrons. The molecule has 2 rings (SSSR count). The minimum absolute atomic E-state index is 0.0511.